The molecule has 2 N–H and O–H groups in total. The molecule has 0 aliphatic heterocycles. The maximum absolute atomic E-state index is 6.06. The summed E-state index contributed by atoms with van der Waals surface area (Å²) >= 11 is 0. The predicted octanol–water partition coefficient (Wildman–Crippen LogP) is 3.19. The highest BCUT2D eigenvalue weighted by Gasteiger charge is 2.13. The second-order valence-electron chi connectivity index (χ2n) is 4.18. The summed E-state index contributed by atoms with van der Waals surface area (Å²) in [5.74, 6) is 1.49. The Labute approximate surface area is 77.7 Å². The lowest BCUT2D eigenvalue weighted by atomic mass is 9.89. The molecule has 0 heterocycles. The molecule has 12 heavy (non-hydrogen) atoms. The van der Waals surface area contributed by atoms with Gasteiger partial charge in [-0.25, -0.2) is 0 Å². The van der Waals surface area contributed by atoms with Gasteiger partial charge < -0.3 is 5.73 Å². The molecule has 0 saturated heterocycles. The van der Waals surface area contributed by atoms with Gasteiger partial charge in [-0.1, -0.05) is 47.0 Å². The first kappa shape index (κ1) is 12.0. The van der Waals surface area contributed by atoms with Gasteiger partial charge in [0.2, 0.25) is 0 Å². The molecule has 0 aliphatic rings. The Hall–Kier alpha value is -0.0400. The molecule has 1 nitrogen and oxygen atoms in total. The molecule has 2 unspecified atom stereocenters. The van der Waals surface area contributed by atoms with Crippen LogP contribution in [0.3, 0.4) is 0 Å². The van der Waals surface area contributed by atoms with E-state index in [2.05, 4.69) is 27.7 Å². The minimum atomic E-state index is 0.413. The molecule has 0 aromatic rings. The van der Waals surface area contributed by atoms with Gasteiger partial charge in [0.05, 0.1) is 0 Å². The van der Waals surface area contributed by atoms with Crippen molar-refractivity contribution < 1.29 is 0 Å². The van der Waals surface area contributed by atoms with Gasteiger partial charge in [0.15, 0.2) is 0 Å². The Balaban J connectivity index is 3.59. The van der Waals surface area contributed by atoms with Gasteiger partial charge in [-0.05, 0) is 18.3 Å². The van der Waals surface area contributed by atoms with E-state index in [4.69, 9.17) is 5.73 Å². The van der Waals surface area contributed by atoms with Crippen molar-refractivity contribution in [2.45, 2.75) is 59.4 Å². The zero-order chi connectivity index (χ0) is 9.56. The van der Waals surface area contributed by atoms with Crippen molar-refractivity contribution in [3.8, 4) is 0 Å². The van der Waals surface area contributed by atoms with Crippen molar-refractivity contribution in [1.82, 2.24) is 0 Å². The number of hydrogen-bond acceptors (Lipinski definition) is 1. The summed E-state index contributed by atoms with van der Waals surface area (Å²) in [4.78, 5) is 0. The number of nitrogens with two attached hydrogens (primary N) is 1. The molecule has 0 spiro atoms. The highest BCUT2D eigenvalue weighted by molar-refractivity contribution is 4.70. The van der Waals surface area contributed by atoms with Crippen LogP contribution >= 0.6 is 0 Å². The van der Waals surface area contributed by atoms with Gasteiger partial charge in [0.25, 0.3) is 0 Å². The van der Waals surface area contributed by atoms with Crippen molar-refractivity contribution in [2.24, 2.45) is 17.6 Å². The molecule has 0 amide bonds. The maximum Gasteiger partial charge on any atom is 0.00669 e. The van der Waals surface area contributed by atoms with Crippen LogP contribution in [-0.2, 0) is 0 Å². The molecular formula is C11H25N. The van der Waals surface area contributed by atoms with Crippen molar-refractivity contribution in [3.05, 3.63) is 0 Å². The molecule has 0 saturated carbocycles. The lowest BCUT2D eigenvalue weighted by Crippen LogP contribution is -2.29. The van der Waals surface area contributed by atoms with Crippen molar-refractivity contribution in [1.29, 1.82) is 0 Å². The number of hydrogen-bond donors (Lipinski definition) is 1. The first-order valence-corrected chi connectivity index (χ1v) is 5.37. The van der Waals surface area contributed by atoms with Crippen LogP contribution in [0.1, 0.15) is 53.4 Å². The van der Waals surface area contributed by atoms with E-state index in [0.717, 1.165) is 5.92 Å². The standard InChI is InChI=1S/C11H25N/c1-5-7-9(3)8-11(12)10(4)6-2/h9-11H,5-8,12H2,1-4H3/t9-,10?,11?/m0/s1. The lowest BCUT2D eigenvalue weighted by Gasteiger charge is -2.21. The fourth-order valence-corrected chi connectivity index (χ4v) is 1.61. The van der Waals surface area contributed by atoms with Crippen LogP contribution < -0.4 is 5.73 Å². The Morgan fingerprint density at radius 3 is 2.17 bits per heavy atom. The van der Waals surface area contributed by atoms with Crippen molar-refractivity contribution in [2.75, 3.05) is 0 Å². The Morgan fingerprint density at radius 2 is 1.75 bits per heavy atom. The van der Waals surface area contributed by atoms with Gasteiger partial charge in [-0.2, -0.15) is 0 Å². The summed E-state index contributed by atoms with van der Waals surface area (Å²) < 4.78 is 0. The molecule has 0 rings (SSSR count). The maximum atomic E-state index is 6.06. The minimum absolute atomic E-state index is 0.413. The van der Waals surface area contributed by atoms with Crippen molar-refractivity contribution in [3.63, 3.8) is 0 Å². The zero-order valence-corrected chi connectivity index (χ0v) is 9.14. The van der Waals surface area contributed by atoms with E-state index in [1.165, 1.54) is 25.7 Å². The fourth-order valence-electron chi connectivity index (χ4n) is 1.61. The SMILES string of the molecule is CCC[C@H](C)CC(N)C(C)CC. The van der Waals surface area contributed by atoms with Crippen molar-refractivity contribution >= 4 is 0 Å². The topological polar surface area (TPSA) is 26.0 Å². The summed E-state index contributed by atoms with van der Waals surface area (Å²) in [6.45, 7) is 9.02. The van der Waals surface area contributed by atoms with Crippen LogP contribution in [0.15, 0.2) is 0 Å². The molecule has 0 bridgehead atoms. The van der Waals surface area contributed by atoms with Gasteiger partial charge >= 0.3 is 0 Å². The summed E-state index contributed by atoms with van der Waals surface area (Å²) in [6, 6.07) is 0.413. The van der Waals surface area contributed by atoms with Gasteiger partial charge in [0.1, 0.15) is 0 Å². The summed E-state index contributed by atoms with van der Waals surface area (Å²) in [5, 5.41) is 0. The molecule has 0 aromatic heterocycles. The van der Waals surface area contributed by atoms with E-state index in [0.29, 0.717) is 12.0 Å². The Morgan fingerprint density at radius 1 is 1.17 bits per heavy atom. The normalized spacial score (nSPS) is 18.8. The van der Waals surface area contributed by atoms with Gasteiger partial charge in [-0.3, -0.25) is 0 Å². The van der Waals surface area contributed by atoms with Crippen LogP contribution in [0.4, 0.5) is 0 Å². The third-order valence-corrected chi connectivity index (χ3v) is 2.83. The third-order valence-electron chi connectivity index (χ3n) is 2.83. The molecular weight excluding hydrogens is 146 g/mol. The number of rotatable bonds is 6. The molecule has 0 radical (unpaired) electrons. The van der Waals surface area contributed by atoms with Gasteiger partial charge in [0, 0.05) is 6.04 Å². The molecule has 0 fully saturated rings. The van der Waals surface area contributed by atoms with E-state index in [-0.39, 0.29) is 0 Å². The largest absolute Gasteiger partial charge is 0.327 e. The molecule has 1 heteroatoms. The smallest absolute Gasteiger partial charge is 0.00669 e. The van der Waals surface area contributed by atoms with E-state index in [1.807, 2.05) is 0 Å². The monoisotopic (exact) mass is 171 g/mol. The lowest BCUT2D eigenvalue weighted by molar-refractivity contribution is 0.351. The first-order valence-electron chi connectivity index (χ1n) is 5.37. The molecule has 0 aliphatic carbocycles. The van der Waals surface area contributed by atoms with Gasteiger partial charge in [-0.15, -0.1) is 0 Å². The third kappa shape index (κ3) is 4.76. The van der Waals surface area contributed by atoms with Crippen LogP contribution in [0.2, 0.25) is 0 Å². The van der Waals surface area contributed by atoms with E-state index in [9.17, 15) is 0 Å². The summed E-state index contributed by atoms with van der Waals surface area (Å²) in [5.41, 5.74) is 6.06. The van der Waals surface area contributed by atoms with Crippen LogP contribution in [-0.4, -0.2) is 6.04 Å². The second-order valence-corrected chi connectivity index (χ2v) is 4.18. The summed E-state index contributed by atoms with van der Waals surface area (Å²) in [6.07, 6.45) is 5.02. The average molecular weight is 171 g/mol. The summed E-state index contributed by atoms with van der Waals surface area (Å²) in [7, 11) is 0. The molecule has 0 aromatic carbocycles. The highest BCUT2D eigenvalue weighted by atomic mass is 14.6. The minimum Gasteiger partial charge on any atom is -0.327 e. The van der Waals surface area contributed by atoms with E-state index in [1.54, 1.807) is 0 Å². The second kappa shape index (κ2) is 6.47. The molecule has 74 valence electrons. The van der Waals surface area contributed by atoms with Crippen LogP contribution in [0.25, 0.3) is 0 Å². The first-order chi connectivity index (χ1) is 5.61. The van der Waals surface area contributed by atoms with E-state index >= 15 is 0 Å². The average Bonchev–Trinajstić information content (AvgIpc) is 2.03. The Kier molecular flexibility index (Phi) is 6.45. The quantitative estimate of drug-likeness (QED) is 0.652. The predicted molar refractivity (Wildman–Crippen MR) is 56.1 cm³/mol. The highest BCUT2D eigenvalue weighted by Crippen LogP contribution is 2.17. The zero-order valence-electron chi connectivity index (χ0n) is 9.14. The van der Waals surface area contributed by atoms with Crippen LogP contribution in [0, 0.1) is 11.8 Å². The fraction of sp³-hybridized carbons (Fsp3) is 1.00. The van der Waals surface area contributed by atoms with E-state index < -0.39 is 0 Å². The van der Waals surface area contributed by atoms with Crippen LogP contribution in [0.5, 0.6) is 0 Å². The Bertz CT molecular complexity index is 101. The molecule has 3 atom stereocenters.